The van der Waals surface area contributed by atoms with Gasteiger partial charge < -0.3 is 10.6 Å². The summed E-state index contributed by atoms with van der Waals surface area (Å²) >= 11 is 0. The van der Waals surface area contributed by atoms with Gasteiger partial charge in [0.1, 0.15) is 0 Å². The zero-order chi connectivity index (χ0) is 21.4. The number of tetrazole rings is 1. The predicted molar refractivity (Wildman–Crippen MR) is 110 cm³/mol. The summed E-state index contributed by atoms with van der Waals surface area (Å²) in [5.74, 6) is 1.29. The Morgan fingerprint density at radius 1 is 0.968 bits per heavy atom. The van der Waals surface area contributed by atoms with Gasteiger partial charge in [-0.3, -0.25) is 0 Å². The number of alkyl halides is 3. The van der Waals surface area contributed by atoms with Gasteiger partial charge in [-0.1, -0.05) is 6.07 Å². The molecular weight excluding hydrogens is 405 g/mol. The third kappa shape index (κ3) is 4.48. The predicted octanol–water partition coefficient (Wildman–Crippen LogP) is 4.03. The quantitative estimate of drug-likeness (QED) is 0.677. The van der Waals surface area contributed by atoms with Crippen molar-refractivity contribution in [1.29, 1.82) is 0 Å². The van der Waals surface area contributed by atoms with Crippen LogP contribution in [0, 0.1) is 5.92 Å². The molecule has 168 valence electrons. The normalized spacial score (nSPS) is 31.5. The number of hydrogen-bond donors (Lipinski definition) is 3. The zero-order valence-corrected chi connectivity index (χ0v) is 17.5. The van der Waals surface area contributed by atoms with E-state index >= 15 is 0 Å². The molecule has 0 spiro atoms. The molecule has 2 saturated carbocycles. The topological polar surface area (TPSA) is 78.5 Å². The van der Waals surface area contributed by atoms with E-state index in [9.17, 15) is 13.2 Å². The summed E-state index contributed by atoms with van der Waals surface area (Å²) in [7, 11) is 0. The molecule has 0 bridgehead atoms. The van der Waals surface area contributed by atoms with Crippen LogP contribution in [-0.2, 0) is 6.18 Å². The van der Waals surface area contributed by atoms with E-state index < -0.39 is 11.7 Å². The fourth-order valence-corrected chi connectivity index (χ4v) is 5.90. The van der Waals surface area contributed by atoms with E-state index in [4.69, 9.17) is 0 Å². The van der Waals surface area contributed by atoms with Crippen LogP contribution in [0.2, 0.25) is 0 Å². The average molecular weight is 435 g/mol. The third-order valence-corrected chi connectivity index (χ3v) is 7.52. The van der Waals surface area contributed by atoms with Crippen molar-refractivity contribution in [3.8, 4) is 11.4 Å². The zero-order valence-electron chi connectivity index (χ0n) is 17.5. The molecule has 31 heavy (non-hydrogen) atoms. The first-order valence-electron chi connectivity index (χ1n) is 11.4. The second-order valence-electron chi connectivity index (χ2n) is 9.37. The molecule has 5 rings (SSSR count). The molecule has 6 nitrogen and oxygen atoms in total. The number of hydrogen-bond acceptors (Lipinski definition) is 5. The van der Waals surface area contributed by atoms with Crippen molar-refractivity contribution in [1.82, 2.24) is 31.3 Å². The van der Waals surface area contributed by atoms with Gasteiger partial charge in [-0.25, -0.2) is 0 Å². The molecule has 1 aliphatic heterocycles. The Morgan fingerprint density at radius 3 is 2.52 bits per heavy atom. The summed E-state index contributed by atoms with van der Waals surface area (Å²) in [6, 6.07) is 5.69. The lowest BCUT2D eigenvalue weighted by molar-refractivity contribution is -0.137. The molecular formula is C22H29F3N6. The van der Waals surface area contributed by atoms with Crippen LogP contribution < -0.4 is 10.6 Å². The number of aromatic amines is 1. The second-order valence-corrected chi connectivity index (χ2v) is 9.37. The lowest BCUT2D eigenvalue weighted by Gasteiger charge is -2.37. The van der Waals surface area contributed by atoms with Crippen LogP contribution in [0.5, 0.6) is 0 Å². The molecule has 9 heteroatoms. The second kappa shape index (κ2) is 8.50. The monoisotopic (exact) mass is 434 g/mol. The van der Waals surface area contributed by atoms with Gasteiger partial charge in [0.25, 0.3) is 0 Å². The molecule has 3 atom stereocenters. The fourth-order valence-electron chi connectivity index (χ4n) is 5.90. The van der Waals surface area contributed by atoms with Crippen LogP contribution in [0.1, 0.15) is 68.4 Å². The van der Waals surface area contributed by atoms with E-state index in [1.165, 1.54) is 31.7 Å². The SMILES string of the molecule is FC(F)(F)c1ccc(C2CCC(N[C@H]3CC[C@H]4CCN[C@H]4C3)CC2)c(-c2nn[nH]n2)c1. The molecule has 2 aliphatic carbocycles. The van der Waals surface area contributed by atoms with Gasteiger partial charge in [-0.05, 0) is 92.7 Å². The van der Waals surface area contributed by atoms with Gasteiger partial charge >= 0.3 is 6.18 Å². The van der Waals surface area contributed by atoms with Crippen LogP contribution in [-0.4, -0.2) is 45.3 Å². The Bertz CT molecular complexity index is 876. The van der Waals surface area contributed by atoms with Crippen molar-refractivity contribution >= 4 is 0 Å². The van der Waals surface area contributed by atoms with Gasteiger partial charge in [0, 0.05) is 23.7 Å². The minimum Gasteiger partial charge on any atom is -0.314 e. The number of benzene rings is 1. The van der Waals surface area contributed by atoms with Crippen LogP contribution in [0.15, 0.2) is 18.2 Å². The molecule has 0 radical (unpaired) electrons. The summed E-state index contributed by atoms with van der Waals surface area (Å²) in [6.07, 6.45) is 4.67. The molecule has 3 fully saturated rings. The number of aromatic nitrogens is 4. The van der Waals surface area contributed by atoms with Crippen molar-refractivity contribution in [3.63, 3.8) is 0 Å². The lowest BCUT2D eigenvalue weighted by atomic mass is 9.78. The number of halogens is 3. The van der Waals surface area contributed by atoms with Crippen LogP contribution in [0.4, 0.5) is 13.2 Å². The van der Waals surface area contributed by atoms with E-state index in [0.717, 1.165) is 49.8 Å². The maximum absolute atomic E-state index is 13.3. The van der Waals surface area contributed by atoms with Crippen molar-refractivity contribution in [3.05, 3.63) is 29.3 Å². The first-order valence-corrected chi connectivity index (χ1v) is 11.4. The van der Waals surface area contributed by atoms with Crippen molar-refractivity contribution < 1.29 is 13.2 Å². The lowest BCUT2D eigenvalue weighted by Crippen LogP contribution is -2.47. The molecule has 1 aromatic heterocycles. The Labute approximate surface area is 179 Å². The first kappa shape index (κ1) is 20.9. The minimum atomic E-state index is -4.40. The Kier molecular flexibility index (Phi) is 5.73. The average Bonchev–Trinajstić information content (AvgIpc) is 3.45. The number of rotatable bonds is 4. The smallest absolute Gasteiger partial charge is 0.314 e. The molecule has 2 aromatic rings. The highest BCUT2D eigenvalue weighted by Crippen LogP contribution is 2.41. The summed E-state index contributed by atoms with van der Waals surface area (Å²) in [6.45, 7) is 1.16. The van der Waals surface area contributed by atoms with Gasteiger partial charge in [0.15, 0.2) is 0 Å². The Hall–Kier alpha value is -2.00. The maximum atomic E-state index is 13.3. The van der Waals surface area contributed by atoms with Crippen LogP contribution in [0.25, 0.3) is 11.4 Å². The fraction of sp³-hybridized carbons (Fsp3) is 0.682. The van der Waals surface area contributed by atoms with E-state index in [0.29, 0.717) is 23.7 Å². The largest absolute Gasteiger partial charge is 0.416 e. The van der Waals surface area contributed by atoms with Crippen molar-refractivity contribution in [2.75, 3.05) is 6.54 Å². The van der Waals surface area contributed by atoms with Crippen molar-refractivity contribution in [2.45, 2.75) is 81.6 Å². The first-order chi connectivity index (χ1) is 15.0. The number of nitrogens with zero attached hydrogens (tertiary/aromatic N) is 3. The molecule has 1 saturated heterocycles. The molecule has 0 unspecified atom stereocenters. The number of H-pyrrole nitrogens is 1. The summed E-state index contributed by atoms with van der Waals surface area (Å²) < 4.78 is 39.8. The van der Waals surface area contributed by atoms with E-state index in [1.54, 1.807) is 6.07 Å². The summed E-state index contributed by atoms with van der Waals surface area (Å²) in [5.41, 5.74) is 0.650. The van der Waals surface area contributed by atoms with E-state index in [2.05, 4.69) is 31.3 Å². The molecule has 1 aromatic carbocycles. The van der Waals surface area contributed by atoms with Crippen LogP contribution in [0.3, 0.4) is 0 Å². The van der Waals surface area contributed by atoms with Crippen molar-refractivity contribution in [2.24, 2.45) is 5.92 Å². The van der Waals surface area contributed by atoms with Gasteiger partial charge in [-0.2, -0.15) is 18.4 Å². The summed E-state index contributed by atoms with van der Waals surface area (Å²) in [4.78, 5) is 0. The summed E-state index contributed by atoms with van der Waals surface area (Å²) in [5, 5.41) is 21.3. The third-order valence-electron chi connectivity index (χ3n) is 7.52. The highest BCUT2D eigenvalue weighted by molar-refractivity contribution is 5.62. The molecule has 2 heterocycles. The maximum Gasteiger partial charge on any atom is 0.416 e. The van der Waals surface area contributed by atoms with E-state index in [1.807, 2.05) is 0 Å². The highest BCUT2D eigenvalue weighted by atomic mass is 19.4. The molecule has 0 amide bonds. The van der Waals surface area contributed by atoms with Gasteiger partial charge in [0.05, 0.1) is 5.56 Å². The Morgan fingerprint density at radius 2 is 1.77 bits per heavy atom. The number of fused-ring (bicyclic) bond motifs is 1. The minimum absolute atomic E-state index is 0.209. The standard InChI is InChI=1S/C22H29F3N6/c23-22(24,25)15-4-8-18(19(11-15)21-28-30-31-29-21)13-1-5-16(6-2-13)27-17-7-3-14-9-10-26-20(14)12-17/h4,8,11,13-14,16-17,20,26-27H,1-3,5-7,9-10,12H2,(H,28,29,30,31)/t13?,14-,16?,17-,20-/m0/s1. The molecule has 3 N–H and O–H groups in total. The van der Waals surface area contributed by atoms with Gasteiger partial charge in [-0.15, -0.1) is 10.2 Å². The molecule has 3 aliphatic rings. The Balaban J connectivity index is 1.25. The highest BCUT2D eigenvalue weighted by Gasteiger charge is 2.36. The van der Waals surface area contributed by atoms with Crippen LogP contribution >= 0.6 is 0 Å². The van der Waals surface area contributed by atoms with E-state index in [-0.39, 0.29) is 11.7 Å². The number of nitrogens with one attached hydrogen (secondary N) is 3. The van der Waals surface area contributed by atoms with Gasteiger partial charge in [0.2, 0.25) is 5.82 Å².